The monoisotopic (exact) mass is 398 g/mol. The fourth-order valence-electron chi connectivity index (χ4n) is 3.58. The lowest BCUT2D eigenvalue weighted by Crippen LogP contribution is -2.54. The number of hydrogen-bond donors (Lipinski definition) is 0. The summed E-state index contributed by atoms with van der Waals surface area (Å²) in [5, 5.41) is 0. The first-order valence-electron chi connectivity index (χ1n) is 11.1. The Hall–Kier alpha value is -0.740. The van der Waals surface area contributed by atoms with E-state index in [1.807, 2.05) is 41.8 Å². The molecule has 0 aliphatic heterocycles. The van der Waals surface area contributed by atoms with Crippen LogP contribution < -0.4 is 0 Å². The Labute approximate surface area is 176 Å². The predicted octanol–water partition coefficient (Wildman–Crippen LogP) is 5.44. The first kappa shape index (κ1) is 29.5. The zero-order valence-corrected chi connectivity index (χ0v) is 21.4. The summed E-state index contributed by atoms with van der Waals surface area (Å²) >= 11 is 0. The Kier molecular flexibility index (Phi) is 12.7. The molecule has 0 saturated carbocycles. The molecule has 0 N–H and O–H groups in total. The van der Waals surface area contributed by atoms with E-state index in [4.69, 9.17) is 0 Å². The van der Waals surface area contributed by atoms with Crippen molar-refractivity contribution in [3.8, 4) is 0 Å². The van der Waals surface area contributed by atoms with Crippen LogP contribution in [0.5, 0.6) is 0 Å². The standard InChI is InChI=1S/2C12H25NO/c2*1-8-12(6,11(14)9(2)3)13(7)10(4)5/h2*9-10H,8H2,1-7H3. The molecule has 0 aliphatic carbocycles. The lowest BCUT2D eigenvalue weighted by molar-refractivity contribution is -0.134. The zero-order chi connectivity index (χ0) is 23.0. The molecule has 2 atom stereocenters. The van der Waals surface area contributed by atoms with E-state index in [-0.39, 0.29) is 22.9 Å². The molecule has 4 nitrogen and oxygen atoms in total. The quantitative estimate of drug-likeness (QED) is 0.491. The van der Waals surface area contributed by atoms with Gasteiger partial charge in [0, 0.05) is 23.9 Å². The Morgan fingerprint density at radius 3 is 0.964 bits per heavy atom. The number of rotatable bonds is 10. The van der Waals surface area contributed by atoms with Crippen molar-refractivity contribution in [1.82, 2.24) is 9.80 Å². The summed E-state index contributed by atoms with van der Waals surface area (Å²) in [5.74, 6) is 0.912. The minimum atomic E-state index is -0.303. The Bertz CT molecular complexity index is 441. The van der Waals surface area contributed by atoms with Crippen LogP contribution in [0.3, 0.4) is 0 Å². The van der Waals surface area contributed by atoms with Crippen LogP contribution in [0.25, 0.3) is 0 Å². The van der Waals surface area contributed by atoms with Crippen LogP contribution >= 0.6 is 0 Å². The van der Waals surface area contributed by atoms with Gasteiger partial charge in [-0.25, -0.2) is 0 Å². The van der Waals surface area contributed by atoms with Crippen molar-refractivity contribution in [1.29, 1.82) is 0 Å². The van der Waals surface area contributed by atoms with E-state index in [1.165, 1.54) is 0 Å². The molecule has 0 radical (unpaired) electrons. The Morgan fingerprint density at radius 1 is 0.643 bits per heavy atom. The van der Waals surface area contributed by atoms with Crippen LogP contribution in [-0.4, -0.2) is 58.6 Å². The first-order chi connectivity index (χ1) is 12.5. The summed E-state index contributed by atoms with van der Waals surface area (Å²) in [5.41, 5.74) is -0.606. The van der Waals surface area contributed by atoms with Gasteiger partial charge < -0.3 is 0 Å². The number of carbonyl (C=O) groups is 2. The van der Waals surface area contributed by atoms with Gasteiger partial charge in [-0.05, 0) is 68.5 Å². The van der Waals surface area contributed by atoms with Crippen molar-refractivity contribution in [2.75, 3.05) is 14.1 Å². The molecular weight excluding hydrogens is 348 g/mol. The SMILES string of the molecule is CCC(C)(C(=O)C(C)C)N(C)C(C)C.CCC(C)(C(=O)C(C)C)N(C)C(C)C. The van der Waals surface area contributed by atoms with Gasteiger partial charge in [0.15, 0.2) is 11.6 Å². The average Bonchev–Trinajstić information content (AvgIpc) is 2.64. The molecule has 0 spiro atoms. The third-order valence-electron chi connectivity index (χ3n) is 6.59. The molecule has 0 saturated heterocycles. The number of nitrogens with zero attached hydrogens (tertiary/aromatic N) is 2. The summed E-state index contributed by atoms with van der Waals surface area (Å²) in [6.45, 7) is 24.7. The molecule has 0 aliphatic rings. The Balaban J connectivity index is 0. The van der Waals surface area contributed by atoms with Crippen molar-refractivity contribution < 1.29 is 9.59 Å². The average molecular weight is 399 g/mol. The van der Waals surface area contributed by atoms with Gasteiger partial charge in [-0.2, -0.15) is 0 Å². The molecule has 0 rings (SSSR count). The minimum absolute atomic E-state index is 0.112. The van der Waals surface area contributed by atoms with E-state index >= 15 is 0 Å². The van der Waals surface area contributed by atoms with Crippen LogP contribution in [-0.2, 0) is 9.59 Å². The van der Waals surface area contributed by atoms with Gasteiger partial charge in [-0.1, -0.05) is 41.5 Å². The third-order valence-corrected chi connectivity index (χ3v) is 6.59. The van der Waals surface area contributed by atoms with Gasteiger partial charge in [-0.15, -0.1) is 0 Å². The van der Waals surface area contributed by atoms with E-state index in [2.05, 4.69) is 65.2 Å². The van der Waals surface area contributed by atoms with E-state index in [0.717, 1.165) is 12.8 Å². The molecule has 0 aromatic rings. The molecule has 4 heteroatoms. The minimum Gasteiger partial charge on any atom is -0.297 e. The Morgan fingerprint density at radius 2 is 0.857 bits per heavy atom. The van der Waals surface area contributed by atoms with E-state index in [0.29, 0.717) is 23.7 Å². The van der Waals surface area contributed by atoms with Crippen molar-refractivity contribution in [3.05, 3.63) is 0 Å². The summed E-state index contributed by atoms with van der Waals surface area (Å²) in [6, 6.07) is 0.810. The highest BCUT2D eigenvalue weighted by atomic mass is 16.1. The predicted molar refractivity (Wildman–Crippen MR) is 123 cm³/mol. The highest BCUT2D eigenvalue weighted by Gasteiger charge is 2.38. The molecule has 0 amide bonds. The van der Waals surface area contributed by atoms with Crippen molar-refractivity contribution in [2.45, 2.75) is 119 Å². The van der Waals surface area contributed by atoms with Crippen molar-refractivity contribution in [3.63, 3.8) is 0 Å². The first-order valence-corrected chi connectivity index (χ1v) is 11.1. The number of ketones is 2. The molecule has 0 bridgehead atoms. The van der Waals surface area contributed by atoms with Gasteiger partial charge in [0.2, 0.25) is 0 Å². The highest BCUT2D eigenvalue weighted by Crippen LogP contribution is 2.25. The maximum absolute atomic E-state index is 12.1. The maximum Gasteiger partial charge on any atom is 0.155 e. The smallest absolute Gasteiger partial charge is 0.155 e. The maximum atomic E-state index is 12.1. The summed E-state index contributed by atoms with van der Waals surface area (Å²) in [6.07, 6.45) is 1.75. The zero-order valence-electron chi connectivity index (χ0n) is 21.4. The lowest BCUT2D eigenvalue weighted by atomic mass is 9.84. The van der Waals surface area contributed by atoms with Gasteiger partial charge in [-0.3, -0.25) is 19.4 Å². The van der Waals surface area contributed by atoms with Crippen LogP contribution in [0, 0.1) is 11.8 Å². The highest BCUT2D eigenvalue weighted by molar-refractivity contribution is 5.90. The fraction of sp³-hybridized carbons (Fsp3) is 0.917. The van der Waals surface area contributed by atoms with Crippen LogP contribution in [0.1, 0.15) is 95.9 Å². The molecule has 0 fully saturated rings. The van der Waals surface area contributed by atoms with Gasteiger partial charge in [0.1, 0.15) is 0 Å². The number of Topliss-reactive ketones (excluding diaryl/α,β-unsaturated/α-hetero) is 2. The molecule has 0 aromatic heterocycles. The van der Waals surface area contributed by atoms with Gasteiger partial charge in [0.25, 0.3) is 0 Å². The molecule has 28 heavy (non-hydrogen) atoms. The van der Waals surface area contributed by atoms with Crippen molar-refractivity contribution in [2.24, 2.45) is 11.8 Å². The van der Waals surface area contributed by atoms with Crippen LogP contribution in [0.15, 0.2) is 0 Å². The molecule has 168 valence electrons. The molecule has 2 unspecified atom stereocenters. The van der Waals surface area contributed by atoms with Gasteiger partial charge >= 0.3 is 0 Å². The number of likely N-dealkylation sites (N-methyl/N-ethyl adjacent to an activating group) is 2. The number of hydrogen-bond acceptors (Lipinski definition) is 4. The summed E-state index contributed by atoms with van der Waals surface area (Å²) < 4.78 is 0. The van der Waals surface area contributed by atoms with Crippen molar-refractivity contribution >= 4 is 11.6 Å². The second kappa shape index (κ2) is 12.1. The molecule has 0 heterocycles. The summed E-state index contributed by atoms with van der Waals surface area (Å²) in [7, 11) is 4.07. The van der Waals surface area contributed by atoms with E-state index in [9.17, 15) is 9.59 Å². The second-order valence-electron chi connectivity index (χ2n) is 9.70. The van der Waals surface area contributed by atoms with Crippen LogP contribution in [0.4, 0.5) is 0 Å². The molecule has 0 aromatic carbocycles. The largest absolute Gasteiger partial charge is 0.297 e. The topological polar surface area (TPSA) is 40.6 Å². The number of carbonyl (C=O) groups excluding carboxylic acids is 2. The normalized spacial score (nSPS) is 16.4. The van der Waals surface area contributed by atoms with Gasteiger partial charge in [0.05, 0.1) is 11.1 Å². The fourth-order valence-corrected chi connectivity index (χ4v) is 3.58. The van der Waals surface area contributed by atoms with Crippen LogP contribution in [0.2, 0.25) is 0 Å². The summed E-state index contributed by atoms with van der Waals surface area (Å²) in [4.78, 5) is 28.6. The molecular formula is C24H50N2O2. The van der Waals surface area contributed by atoms with E-state index < -0.39 is 0 Å². The second-order valence-corrected chi connectivity index (χ2v) is 9.70. The third kappa shape index (κ3) is 7.26. The van der Waals surface area contributed by atoms with E-state index in [1.54, 1.807) is 0 Å². The lowest BCUT2D eigenvalue weighted by Gasteiger charge is -2.40.